The molecule has 0 amide bonds. The Kier molecular flexibility index (Phi) is 3.83. The fraction of sp³-hybridized carbons (Fsp3) is 0.0667. The van der Waals surface area contributed by atoms with Crippen LogP contribution in [0.15, 0.2) is 36.4 Å². The van der Waals surface area contributed by atoms with Crippen LogP contribution >= 0.6 is 0 Å². The summed E-state index contributed by atoms with van der Waals surface area (Å²) in [6.07, 6.45) is 0. The standard InChI is InChI=1S/C15H9N3O3/c1-10-3-2-4-12(9-17)15(10)21-14-6-5-11(8-16)7-13(14)18(19)20/h2-7H,1H3. The molecule has 0 spiro atoms. The molecule has 2 aromatic carbocycles. The number of nitrogens with zero attached hydrogens (tertiary/aromatic N) is 3. The number of para-hydroxylation sites is 1. The van der Waals surface area contributed by atoms with Gasteiger partial charge in [0, 0.05) is 6.07 Å². The Morgan fingerprint density at radius 1 is 1.19 bits per heavy atom. The fourth-order valence-electron chi connectivity index (χ4n) is 1.80. The Morgan fingerprint density at radius 3 is 2.57 bits per heavy atom. The van der Waals surface area contributed by atoms with Crippen molar-refractivity contribution in [1.82, 2.24) is 0 Å². The van der Waals surface area contributed by atoms with Gasteiger partial charge in [-0.1, -0.05) is 12.1 Å². The summed E-state index contributed by atoms with van der Waals surface area (Å²) >= 11 is 0. The third-order valence-electron chi connectivity index (χ3n) is 2.83. The van der Waals surface area contributed by atoms with Gasteiger partial charge in [-0.2, -0.15) is 10.5 Å². The van der Waals surface area contributed by atoms with Crippen LogP contribution in [0.1, 0.15) is 16.7 Å². The molecule has 0 heterocycles. The molecule has 0 bridgehead atoms. The Hall–Kier alpha value is -3.38. The van der Waals surface area contributed by atoms with E-state index in [1.807, 2.05) is 12.1 Å². The second-order valence-electron chi connectivity index (χ2n) is 4.22. The molecule has 2 rings (SSSR count). The lowest BCUT2D eigenvalue weighted by Gasteiger charge is -2.10. The molecule has 0 aliphatic carbocycles. The van der Waals surface area contributed by atoms with E-state index in [0.717, 1.165) is 6.07 Å². The fourth-order valence-corrected chi connectivity index (χ4v) is 1.80. The summed E-state index contributed by atoms with van der Waals surface area (Å²) in [4.78, 5) is 10.4. The third kappa shape index (κ3) is 2.80. The minimum Gasteiger partial charge on any atom is -0.448 e. The molecule has 21 heavy (non-hydrogen) atoms. The van der Waals surface area contributed by atoms with Crippen LogP contribution < -0.4 is 4.74 Å². The number of nitriles is 2. The van der Waals surface area contributed by atoms with Crippen LogP contribution in [0.2, 0.25) is 0 Å². The number of benzene rings is 2. The predicted octanol–water partition coefficient (Wildman–Crippen LogP) is 3.44. The summed E-state index contributed by atoms with van der Waals surface area (Å²) in [5.41, 5.74) is 0.821. The number of rotatable bonds is 3. The van der Waals surface area contributed by atoms with Gasteiger partial charge in [-0.3, -0.25) is 10.1 Å². The molecule has 6 nitrogen and oxygen atoms in total. The molecule has 0 fully saturated rings. The Labute approximate surface area is 120 Å². The summed E-state index contributed by atoms with van der Waals surface area (Å²) in [5.74, 6) is 0.262. The van der Waals surface area contributed by atoms with E-state index in [2.05, 4.69) is 0 Å². The zero-order valence-corrected chi connectivity index (χ0v) is 11.0. The number of nitro benzene ring substituents is 1. The molecule has 0 N–H and O–H groups in total. The molecule has 102 valence electrons. The zero-order valence-electron chi connectivity index (χ0n) is 11.0. The van der Waals surface area contributed by atoms with Gasteiger partial charge in [0.15, 0.2) is 0 Å². The maximum atomic E-state index is 11.1. The van der Waals surface area contributed by atoms with Crippen molar-refractivity contribution in [1.29, 1.82) is 10.5 Å². The van der Waals surface area contributed by atoms with E-state index < -0.39 is 4.92 Å². The maximum absolute atomic E-state index is 11.1. The van der Waals surface area contributed by atoms with E-state index in [1.165, 1.54) is 12.1 Å². The van der Waals surface area contributed by atoms with Crippen molar-refractivity contribution in [3.05, 3.63) is 63.2 Å². The molecule has 0 saturated carbocycles. The summed E-state index contributed by atoms with van der Waals surface area (Å²) in [6.45, 7) is 1.74. The highest BCUT2D eigenvalue weighted by atomic mass is 16.6. The Morgan fingerprint density at radius 2 is 1.95 bits per heavy atom. The van der Waals surface area contributed by atoms with Crippen LogP contribution in [0.5, 0.6) is 11.5 Å². The first kappa shape index (κ1) is 14.0. The number of ether oxygens (including phenoxy) is 1. The maximum Gasteiger partial charge on any atom is 0.312 e. The summed E-state index contributed by atoms with van der Waals surface area (Å²) in [5, 5.41) is 28.9. The SMILES string of the molecule is Cc1cccc(C#N)c1Oc1ccc(C#N)cc1[N+](=O)[O-]. The number of nitro groups is 1. The van der Waals surface area contributed by atoms with Gasteiger partial charge >= 0.3 is 5.69 Å². The second kappa shape index (κ2) is 5.72. The molecule has 0 aliphatic heterocycles. The highest BCUT2D eigenvalue weighted by Gasteiger charge is 2.19. The lowest BCUT2D eigenvalue weighted by molar-refractivity contribution is -0.385. The highest BCUT2D eigenvalue weighted by molar-refractivity contribution is 5.56. The monoisotopic (exact) mass is 279 g/mol. The largest absolute Gasteiger partial charge is 0.448 e. The average Bonchev–Trinajstić information content (AvgIpc) is 2.49. The topological polar surface area (TPSA) is 99.9 Å². The van der Waals surface area contributed by atoms with E-state index in [-0.39, 0.29) is 28.3 Å². The Balaban J connectivity index is 2.53. The van der Waals surface area contributed by atoms with Crippen molar-refractivity contribution in [2.75, 3.05) is 0 Å². The summed E-state index contributed by atoms with van der Waals surface area (Å²) < 4.78 is 5.55. The molecule has 2 aromatic rings. The summed E-state index contributed by atoms with van der Waals surface area (Å²) in [6, 6.07) is 12.7. The van der Waals surface area contributed by atoms with Crippen molar-refractivity contribution < 1.29 is 9.66 Å². The van der Waals surface area contributed by atoms with Crippen molar-refractivity contribution in [3.8, 4) is 23.6 Å². The van der Waals surface area contributed by atoms with Crippen LogP contribution in [0.3, 0.4) is 0 Å². The molecular weight excluding hydrogens is 270 g/mol. The lowest BCUT2D eigenvalue weighted by Crippen LogP contribution is -1.97. The first-order valence-electron chi connectivity index (χ1n) is 5.93. The molecular formula is C15H9N3O3. The first-order valence-corrected chi connectivity index (χ1v) is 5.93. The van der Waals surface area contributed by atoms with Crippen molar-refractivity contribution in [3.63, 3.8) is 0 Å². The number of aryl methyl sites for hydroxylation is 1. The quantitative estimate of drug-likeness (QED) is 0.632. The molecule has 0 saturated heterocycles. The smallest absolute Gasteiger partial charge is 0.312 e. The van der Waals surface area contributed by atoms with Crippen LogP contribution in [-0.2, 0) is 0 Å². The predicted molar refractivity (Wildman–Crippen MR) is 73.8 cm³/mol. The van der Waals surface area contributed by atoms with Crippen LogP contribution in [-0.4, -0.2) is 4.92 Å². The van der Waals surface area contributed by atoms with Gasteiger partial charge in [0.2, 0.25) is 5.75 Å². The van der Waals surface area contributed by atoms with Gasteiger partial charge in [0.05, 0.1) is 22.1 Å². The first-order chi connectivity index (χ1) is 10.1. The van der Waals surface area contributed by atoms with E-state index in [4.69, 9.17) is 15.3 Å². The summed E-state index contributed by atoms with van der Waals surface area (Å²) in [7, 11) is 0. The second-order valence-corrected chi connectivity index (χ2v) is 4.22. The van der Waals surface area contributed by atoms with Gasteiger partial charge in [0.1, 0.15) is 11.8 Å². The van der Waals surface area contributed by atoms with Crippen LogP contribution in [0.25, 0.3) is 0 Å². The zero-order chi connectivity index (χ0) is 15.4. The number of hydrogen-bond acceptors (Lipinski definition) is 5. The molecule has 0 atom stereocenters. The lowest BCUT2D eigenvalue weighted by atomic mass is 10.1. The van der Waals surface area contributed by atoms with Crippen molar-refractivity contribution >= 4 is 5.69 Å². The van der Waals surface area contributed by atoms with Gasteiger partial charge in [-0.05, 0) is 30.7 Å². The van der Waals surface area contributed by atoms with Gasteiger partial charge in [-0.15, -0.1) is 0 Å². The van der Waals surface area contributed by atoms with Crippen molar-refractivity contribution in [2.45, 2.75) is 6.92 Å². The highest BCUT2D eigenvalue weighted by Crippen LogP contribution is 2.35. The van der Waals surface area contributed by atoms with E-state index in [9.17, 15) is 10.1 Å². The van der Waals surface area contributed by atoms with Gasteiger partial charge in [0.25, 0.3) is 0 Å². The van der Waals surface area contributed by atoms with Crippen LogP contribution in [0.4, 0.5) is 5.69 Å². The molecule has 6 heteroatoms. The minimum absolute atomic E-state index is 0.00944. The third-order valence-corrected chi connectivity index (χ3v) is 2.83. The number of hydrogen-bond donors (Lipinski definition) is 0. The van der Waals surface area contributed by atoms with Gasteiger partial charge < -0.3 is 4.74 Å². The molecule has 0 radical (unpaired) electrons. The molecule has 0 unspecified atom stereocenters. The normalized spacial score (nSPS) is 9.48. The van der Waals surface area contributed by atoms with E-state index >= 15 is 0 Å². The Bertz CT molecular complexity index is 801. The average molecular weight is 279 g/mol. The van der Waals surface area contributed by atoms with E-state index in [1.54, 1.807) is 25.1 Å². The van der Waals surface area contributed by atoms with E-state index in [0.29, 0.717) is 5.56 Å². The minimum atomic E-state index is -0.625. The van der Waals surface area contributed by atoms with Gasteiger partial charge in [-0.25, -0.2) is 0 Å². The van der Waals surface area contributed by atoms with Crippen molar-refractivity contribution in [2.24, 2.45) is 0 Å². The molecule has 0 aliphatic rings. The van der Waals surface area contributed by atoms with Crippen LogP contribution in [0, 0.1) is 39.7 Å². The molecule has 0 aromatic heterocycles.